The number of phenolic OH excluding ortho intramolecular Hbond substituents is 2. The number of aliphatic hydroxyl groups is 5. The molecule has 12 nitrogen and oxygen atoms in total. The van der Waals surface area contributed by atoms with E-state index < -0.39 is 59.8 Å². The summed E-state index contributed by atoms with van der Waals surface area (Å²) in [7, 11) is 0. The van der Waals surface area contributed by atoms with Crippen molar-refractivity contribution in [1.29, 1.82) is 0 Å². The maximum Gasteiger partial charge on any atom is 0.238 e. The van der Waals surface area contributed by atoms with Gasteiger partial charge in [0.05, 0.1) is 12.2 Å². The highest BCUT2D eigenvalue weighted by molar-refractivity contribution is 5.91. The molecule has 1 aliphatic rings. The molecule has 38 heavy (non-hydrogen) atoms. The van der Waals surface area contributed by atoms with E-state index in [0.717, 1.165) is 6.07 Å². The lowest BCUT2D eigenvalue weighted by molar-refractivity contribution is -0.277. The lowest BCUT2D eigenvalue weighted by Gasteiger charge is -2.39. The fourth-order valence-corrected chi connectivity index (χ4v) is 4.24. The number of benzene rings is 2. The monoisotopic (exact) mass is 534 g/mol. The Morgan fingerprint density at radius 3 is 2.26 bits per heavy atom. The number of aliphatic hydroxyl groups excluding tert-OH is 4. The summed E-state index contributed by atoms with van der Waals surface area (Å²) in [4.78, 5) is 13.1. The van der Waals surface area contributed by atoms with Gasteiger partial charge in [-0.1, -0.05) is 0 Å². The quantitative estimate of drug-likeness (QED) is 0.208. The first-order valence-corrected chi connectivity index (χ1v) is 11.9. The first kappa shape index (κ1) is 27.6. The van der Waals surface area contributed by atoms with Crippen LogP contribution in [0.3, 0.4) is 0 Å². The molecule has 2 heterocycles. The lowest BCUT2D eigenvalue weighted by atomic mass is 9.96. The number of phenols is 2. The molecule has 8 N–H and O–H groups in total. The molecule has 206 valence electrons. The molecule has 0 radical (unpaired) electrons. The van der Waals surface area contributed by atoms with E-state index in [4.69, 9.17) is 13.9 Å². The van der Waals surface area contributed by atoms with Crippen LogP contribution in [0.25, 0.3) is 22.3 Å². The molecule has 2 unspecified atom stereocenters. The van der Waals surface area contributed by atoms with Crippen molar-refractivity contribution in [2.45, 2.75) is 63.0 Å². The number of aromatic hydroxyl groups is 3. The molecule has 5 atom stereocenters. The molecule has 1 saturated heterocycles. The number of hydrogen-bond acceptors (Lipinski definition) is 12. The van der Waals surface area contributed by atoms with Gasteiger partial charge in [0, 0.05) is 17.2 Å². The van der Waals surface area contributed by atoms with Crippen LogP contribution in [0.2, 0.25) is 0 Å². The van der Waals surface area contributed by atoms with Gasteiger partial charge in [-0.05, 0) is 51.0 Å². The first-order chi connectivity index (χ1) is 17.8. The van der Waals surface area contributed by atoms with Gasteiger partial charge in [-0.3, -0.25) is 4.79 Å². The van der Waals surface area contributed by atoms with Crippen molar-refractivity contribution >= 4 is 11.0 Å². The van der Waals surface area contributed by atoms with E-state index in [-0.39, 0.29) is 52.2 Å². The number of fused-ring (bicyclic) bond motifs is 1. The molecular formula is C26H30O12. The van der Waals surface area contributed by atoms with Crippen LogP contribution in [0, 0.1) is 0 Å². The van der Waals surface area contributed by atoms with Crippen molar-refractivity contribution < 1.29 is 54.7 Å². The second-order valence-corrected chi connectivity index (χ2v) is 9.86. The number of hydrogen-bond donors (Lipinski definition) is 8. The summed E-state index contributed by atoms with van der Waals surface area (Å²) in [5.41, 5.74) is -1.90. The van der Waals surface area contributed by atoms with Gasteiger partial charge in [0.15, 0.2) is 5.76 Å². The van der Waals surface area contributed by atoms with E-state index in [2.05, 4.69) is 0 Å². The van der Waals surface area contributed by atoms with Gasteiger partial charge in [-0.25, -0.2) is 0 Å². The zero-order chi connectivity index (χ0) is 27.9. The summed E-state index contributed by atoms with van der Waals surface area (Å²) in [6, 6.07) is 6.50. The molecule has 2 aromatic carbocycles. The van der Waals surface area contributed by atoms with Crippen LogP contribution in [0.15, 0.2) is 39.5 Å². The minimum absolute atomic E-state index is 0.0236. The largest absolute Gasteiger partial charge is 0.508 e. The molecule has 0 bridgehead atoms. The molecule has 3 aromatic rings. The standard InChI is InChI=1S/C26H30O12/c1-26(2,35)8-7-13-15(36-25-22(34)20(32)18(30)16(10-27)37-25)9-14(29)17-19(31)21(33)23(38-24(13)17)11-3-5-12(28)6-4-11/h3-6,9,16,18,20,22,25,27-30,32-35H,7-8,10H2,1-2H3/t16?,18-,20+,22?,25-/m1/s1. The van der Waals surface area contributed by atoms with Gasteiger partial charge in [0.1, 0.15) is 52.6 Å². The summed E-state index contributed by atoms with van der Waals surface area (Å²) in [5, 5.41) is 81.0. The van der Waals surface area contributed by atoms with Crippen molar-refractivity contribution in [2.75, 3.05) is 6.61 Å². The predicted octanol–water partition coefficient (Wildman–Crippen LogP) is 0.459. The van der Waals surface area contributed by atoms with Crippen LogP contribution in [-0.4, -0.2) is 83.8 Å². The minimum Gasteiger partial charge on any atom is -0.508 e. The Balaban J connectivity index is 1.90. The van der Waals surface area contributed by atoms with E-state index in [9.17, 15) is 45.6 Å². The molecule has 1 aliphatic heterocycles. The minimum atomic E-state index is -1.76. The Labute approximate surface area is 216 Å². The highest BCUT2D eigenvalue weighted by Gasteiger charge is 2.45. The summed E-state index contributed by atoms with van der Waals surface area (Å²) in [6.45, 7) is 2.42. The average molecular weight is 535 g/mol. The highest BCUT2D eigenvalue weighted by atomic mass is 16.7. The second kappa shape index (κ2) is 10.4. The molecule has 1 aromatic heterocycles. The van der Waals surface area contributed by atoms with Crippen LogP contribution in [0.1, 0.15) is 25.8 Å². The normalized spacial score (nSPS) is 24.0. The molecule has 0 saturated carbocycles. The molecule has 1 fully saturated rings. The van der Waals surface area contributed by atoms with Crippen LogP contribution in [0.5, 0.6) is 23.0 Å². The van der Waals surface area contributed by atoms with Crippen LogP contribution >= 0.6 is 0 Å². The highest BCUT2D eigenvalue weighted by Crippen LogP contribution is 2.41. The average Bonchev–Trinajstić information content (AvgIpc) is 2.85. The topological polar surface area (TPSA) is 211 Å². The Morgan fingerprint density at radius 2 is 1.66 bits per heavy atom. The van der Waals surface area contributed by atoms with Gasteiger partial charge in [0.25, 0.3) is 0 Å². The maximum atomic E-state index is 13.1. The van der Waals surface area contributed by atoms with E-state index in [1.807, 2.05) is 0 Å². The smallest absolute Gasteiger partial charge is 0.238 e. The van der Waals surface area contributed by atoms with Gasteiger partial charge >= 0.3 is 0 Å². The number of rotatable bonds is 7. The Morgan fingerprint density at radius 1 is 1.00 bits per heavy atom. The van der Waals surface area contributed by atoms with Crippen molar-refractivity contribution in [2.24, 2.45) is 0 Å². The van der Waals surface area contributed by atoms with Crippen LogP contribution in [-0.2, 0) is 11.2 Å². The Kier molecular flexibility index (Phi) is 7.57. The summed E-state index contributed by atoms with van der Waals surface area (Å²) in [5.74, 6) is -1.87. The van der Waals surface area contributed by atoms with E-state index >= 15 is 0 Å². The van der Waals surface area contributed by atoms with Crippen molar-refractivity contribution in [3.8, 4) is 34.3 Å². The Bertz CT molecular complexity index is 1360. The van der Waals surface area contributed by atoms with Crippen molar-refractivity contribution in [3.63, 3.8) is 0 Å². The van der Waals surface area contributed by atoms with Crippen LogP contribution in [0.4, 0.5) is 0 Å². The van der Waals surface area contributed by atoms with Crippen molar-refractivity contribution in [1.82, 2.24) is 0 Å². The third-order valence-corrected chi connectivity index (χ3v) is 6.39. The molecule has 0 amide bonds. The van der Waals surface area contributed by atoms with Gasteiger partial charge < -0.3 is 54.7 Å². The third-order valence-electron chi connectivity index (χ3n) is 6.39. The van der Waals surface area contributed by atoms with Crippen LogP contribution < -0.4 is 10.2 Å². The molecule has 4 rings (SSSR count). The van der Waals surface area contributed by atoms with E-state index in [1.54, 1.807) is 13.8 Å². The van der Waals surface area contributed by atoms with Gasteiger partial charge in [0.2, 0.25) is 17.5 Å². The number of ether oxygens (including phenoxy) is 2. The summed E-state index contributed by atoms with van der Waals surface area (Å²) in [6.07, 6.45) is -7.83. The SMILES string of the molecule is CC(C)(O)CCc1c(O[C@@H]2OC(CO)[C@@H](O)[C@H](O)C2O)cc(O)c2c(=O)c(O)c(-c3ccc(O)cc3)oc12. The molecule has 0 spiro atoms. The maximum absolute atomic E-state index is 13.1. The zero-order valence-corrected chi connectivity index (χ0v) is 20.6. The van der Waals surface area contributed by atoms with Gasteiger partial charge in [-0.15, -0.1) is 0 Å². The van der Waals surface area contributed by atoms with Gasteiger partial charge in [-0.2, -0.15) is 0 Å². The predicted molar refractivity (Wildman–Crippen MR) is 132 cm³/mol. The van der Waals surface area contributed by atoms with Crippen molar-refractivity contribution in [3.05, 3.63) is 46.1 Å². The molecule has 12 heteroatoms. The molecule has 0 aliphatic carbocycles. The lowest BCUT2D eigenvalue weighted by Crippen LogP contribution is -2.60. The first-order valence-electron chi connectivity index (χ1n) is 11.9. The fraction of sp³-hybridized carbons (Fsp3) is 0.423. The van der Waals surface area contributed by atoms with E-state index in [0.29, 0.717) is 0 Å². The summed E-state index contributed by atoms with van der Waals surface area (Å²) >= 11 is 0. The zero-order valence-electron chi connectivity index (χ0n) is 20.6. The third kappa shape index (κ3) is 5.27. The number of aryl methyl sites for hydroxylation is 1. The summed E-state index contributed by atoms with van der Waals surface area (Å²) < 4.78 is 17.1. The Hall–Kier alpha value is -3.39. The molecular weight excluding hydrogens is 504 g/mol. The van der Waals surface area contributed by atoms with E-state index in [1.165, 1.54) is 24.3 Å². The second-order valence-electron chi connectivity index (χ2n) is 9.86. The fourth-order valence-electron chi connectivity index (χ4n) is 4.24.